The van der Waals surface area contributed by atoms with Crippen LogP contribution in [0.3, 0.4) is 0 Å². The number of aromatic nitrogens is 1. The van der Waals surface area contributed by atoms with Gasteiger partial charge in [-0.05, 0) is 6.07 Å². The van der Waals surface area contributed by atoms with Crippen molar-refractivity contribution in [3.8, 4) is 18.1 Å². The summed E-state index contributed by atoms with van der Waals surface area (Å²) in [7, 11) is 1.81. The van der Waals surface area contributed by atoms with E-state index in [4.69, 9.17) is 11.2 Å². The second-order valence-corrected chi connectivity index (χ2v) is 2.43. The summed E-state index contributed by atoms with van der Waals surface area (Å²) in [5.74, 6) is 4.09. The van der Waals surface area contributed by atoms with E-state index in [1.54, 1.807) is 12.3 Å². The molecule has 0 atom stereocenters. The minimum atomic E-state index is 0.545. The Hall–Kier alpha value is -1.69. The minimum absolute atomic E-state index is 0.545. The fourth-order valence-corrected chi connectivity index (χ4v) is 0.865. The Morgan fingerprint density at radius 3 is 3.23 bits per heavy atom. The highest BCUT2D eigenvalue weighted by atomic mass is 16.5. The highest BCUT2D eigenvalue weighted by Gasteiger charge is 1.94. The van der Waals surface area contributed by atoms with Crippen molar-refractivity contribution in [2.24, 2.45) is 0 Å². The van der Waals surface area contributed by atoms with Crippen molar-refractivity contribution in [2.75, 3.05) is 19.0 Å². The summed E-state index contributed by atoms with van der Waals surface area (Å²) in [4.78, 5) is 4.05. The van der Waals surface area contributed by atoms with Gasteiger partial charge in [-0.2, -0.15) is 0 Å². The van der Waals surface area contributed by atoms with Gasteiger partial charge in [0.1, 0.15) is 11.6 Å². The molecule has 1 aromatic rings. The van der Waals surface area contributed by atoms with Gasteiger partial charge in [0, 0.05) is 25.7 Å². The van der Waals surface area contributed by atoms with Gasteiger partial charge in [0.05, 0.1) is 6.61 Å². The smallest absolute Gasteiger partial charge is 0.129 e. The van der Waals surface area contributed by atoms with Crippen molar-refractivity contribution < 1.29 is 4.74 Å². The maximum atomic E-state index is 5.37. The highest BCUT2D eigenvalue weighted by molar-refractivity contribution is 5.39. The number of rotatable bonds is 4. The van der Waals surface area contributed by atoms with Gasteiger partial charge in [-0.1, -0.05) is 0 Å². The number of nitrogens with one attached hydrogen (secondary N) is 1. The molecule has 1 N–H and O–H groups in total. The average molecular weight is 176 g/mol. The quantitative estimate of drug-likeness (QED) is 0.558. The fourth-order valence-electron chi connectivity index (χ4n) is 0.865. The molecule has 0 saturated carbocycles. The molecule has 1 heterocycles. The second-order valence-electron chi connectivity index (χ2n) is 2.43. The topological polar surface area (TPSA) is 34.1 Å². The molecule has 1 aromatic heterocycles. The van der Waals surface area contributed by atoms with E-state index in [9.17, 15) is 0 Å². The van der Waals surface area contributed by atoms with Crippen LogP contribution < -0.4 is 10.1 Å². The van der Waals surface area contributed by atoms with Gasteiger partial charge in [0.15, 0.2) is 0 Å². The Morgan fingerprint density at radius 2 is 2.54 bits per heavy atom. The molecule has 3 nitrogen and oxygen atoms in total. The Kier molecular flexibility index (Phi) is 3.65. The van der Waals surface area contributed by atoms with Crippen molar-refractivity contribution in [1.82, 2.24) is 4.98 Å². The van der Waals surface area contributed by atoms with Gasteiger partial charge >= 0.3 is 0 Å². The maximum absolute atomic E-state index is 5.37. The van der Waals surface area contributed by atoms with E-state index in [0.717, 1.165) is 11.6 Å². The molecule has 0 aromatic carbocycles. The van der Waals surface area contributed by atoms with Gasteiger partial charge in [-0.15, -0.1) is 12.3 Å². The molecule has 13 heavy (non-hydrogen) atoms. The lowest BCUT2D eigenvalue weighted by atomic mass is 10.4. The van der Waals surface area contributed by atoms with E-state index in [-0.39, 0.29) is 0 Å². The van der Waals surface area contributed by atoms with Crippen LogP contribution in [-0.4, -0.2) is 18.6 Å². The molecule has 1 rings (SSSR count). The molecule has 68 valence electrons. The first-order chi connectivity index (χ1) is 6.36. The predicted molar refractivity (Wildman–Crippen MR) is 52.7 cm³/mol. The van der Waals surface area contributed by atoms with Crippen molar-refractivity contribution in [2.45, 2.75) is 6.42 Å². The Labute approximate surface area is 78.1 Å². The molecule has 0 fully saturated rings. The monoisotopic (exact) mass is 176 g/mol. The van der Waals surface area contributed by atoms with Crippen LogP contribution in [0.2, 0.25) is 0 Å². The molecule has 0 aliphatic carbocycles. The van der Waals surface area contributed by atoms with Crippen molar-refractivity contribution >= 4 is 5.82 Å². The lowest BCUT2D eigenvalue weighted by molar-refractivity contribution is 0.327. The molecule has 3 heteroatoms. The summed E-state index contributed by atoms with van der Waals surface area (Å²) in [6.07, 6.45) is 7.41. The number of ether oxygens (including phenoxy) is 1. The molecule has 0 amide bonds. The van der Waals surface area contributed by atoms with Crippen molar-refractivity contribution in [1.29, 1.82) is 0 Å². The predicted octanol–water partition coefficient (Wildman–Crippen LogP) is 1.53. The summed E-state index contributed by atoms with van der Waals surface area (Å²) in [6.45, 7) is 0.545. The van der Waals surface area contributed by atoms with Crippen LogP contribution in [0, 0.1) is 12.3 Å². The molecular weight excluding hydrogens is 164 g/mol. The van der Waals surface area contributed by atoms with E-state index in [2.05, 4.69) is 16.2 Å². The van der Waals surface area contributed by atoms with Crippen LogP contribution in [-0.2, 0) is 0 Å². The Morgan fingerprint density at radius 1 is 1.69 bits per heavy atom. The van der Waals surface area contributed by atoms with E-state index in [1.807, 2.05) is 13.1 Å². The summed E-state index contributed by atoms with van der Waals surface area (Å²) in [6, 6.07) is 3.63. The first-order valence-electron chi connectivity index (χ1n) is 4.07. The number of hydrogen-bond donors (Lipinski definition) is 1. The fraction of sp³-hybridized carbons (Fsp3) is 0.300. The zero-order valence-electron chi connectivity index (χ0n) is 7.58. The summed E-state index contributed by atoms with van der Waals surface area (Å²) < 4.78 is 5.37. The van der Waals surface area contributed by atoms with Gasteiger partial charge < -0.3 is 10.1 Å². The first-order valence-corrected chi connectivity index (χ1v) is 4.07. The van der Waals surface area contributed by atoms with Crippen LogP contribution in [0.1, 0.15) is 6.42 Å². The lowest BCUT2D eigenvalue weighted by Gasteiger charge is -2.04. The van der Waals surface area contributed by atoms with Gasteiger partial charge in [0.25, 0.3) is 0 Å². The lowest BCUT2D eigenvalue weighted by Crippen LogP contribution is -1.97. The minimum Gasteiger partial charge on any atom is -0.492 e. The van der Waals surface area contributed by atoms with Gasteiger partial charge in [-0.3, -0.25) is 0 Å². The van der Waals surface area contributed by atoms with Crippen molar-refractivity contribution in [3.63, 3.8) is 0 Å². The third-order valence-electron chi connectivity index (χ3n) is 1.50. The third kappa shape index (κ3) is 3.04. The summed E-state index contributed by atoms with van der Waals surface area (Å²) >= 11 is 0. The molecule has 0 saturated heterocycles. The average Bonchev–Trinajstić information content (AvgIpc) is 2.19. The van der Waals surface area contributed by atoms with Gasteiger partial charge in [-0.25, -0.2) is 4.98 Å². The van der Waals surface area contributed by atoms with Crippen LogP contribution in [0.4, 0.5) is 5.82 Å². The van der Waals surface area contributed by atoms with Crippen LogP contribution in [0.5, 0.6) is 5.75 Å². The Bertz CT molecular complexity index is 304. The van der Waals surface area contributed by atoms with Crippen LogP contribution >= 0.6 is 0 Å². The second kappa shape index (κ2) is 5.04. The zero-order chi connectivity index (χ0) is 9.52. The van der Waals surface area contributed by atoms with E-state index >= 15 is 0 Å². The van der Waals surface area contributed by atoms with Crippen LogP contribution in [0.25, 0.3) is 0 Å². The standard InChI is InChI=1S/C10H12N2O/c1-3-4-7-13-9-5-6-12-10(8-9)11-2/h1,5-6,8H,4,7H2,2H3,(H,11,12). The molecule has 0 bridgehead atoms. The number of nitrogens with zero attached hydrogens (tertiary/aromatic N) is 1. The molecule has 0 aliphatic heterocycles. The maximum Gasteiger partial charge on any atom is 0.129 e. The summed E-state index contributed by atoms with van der Waals surface area (Å²) in [5.41, 5.74) is 0. The normalized spacial score (nSPS) is 8.92. The van der Waals surface area contributed by atoms with Crippen molar-refractivity contribution in [3.05, 3.63) is 18.3 Å². The van der Waals surface area contributed by atoms with Gasteiger partial charge in [0.2, 0.25) is 0 Å². The van der Waals surface area contributed by atoms with E-state index in [0.29, 0.717) is 13.0 Å². The number of pyridine rings is 1. The first kappa shape index (κ1) is 9.40. The molecular formula is C10H12N2O. The highest BCUT2D eigenvalue weighted by Crippen LogP contribution is 2.13. The SMILES string of the molecule is C#CCCOc1ccnc(NC)c1. The molecule has 0 aliphatic rings. The number of hydrogen-bond acceptors (Lipinski definition) is 3. The third-order valence-corrected chi connectivity index (χ3v) is 1.50. The van der Waals surface area contributed by atoms with Crippen LogP contribution in [0.15, 0.2) is 18.3 Å². The summed E-state index contributed by atoms with van der Waals surface area (Å²) in [5, 5.41) is 2.93. The van der Waals surface area contributed by atoms with E-state index < -0.39 is 0 Å². The van der Waals surface area contributed by atoms with E-state index in [1.165, 1.54) is 0 Å². The zero-order valence-corrected chi connectivity index (χ0v) is 7.58. The number of anilines is 1. The molecule has 0 unspecified atom stereocenters. The molecule has 0 radical (unpaired) electrons. The Balaban J connectivity index is 2.52. The molecule has 0 spiro atoms. The number of terminal acetylenes is 1. The largest absolute Gasteiger partial charge is 0.492 e.